The summed E-state index contributed by atoms with van der Waals surface area (Å²) in [6.07, 6.45) is 0.201. The summed E-state index contributed by atoms with van der Waals surface area (Å²) in [5.41, 5.74) is 6.38. The van der Waals surface area contributed by atoms with Crippen LogP contribution in [0.25, 0.3) is 0 Å². The SMILES string of the molecule is COC(=O)CCNc1ccc([N+](=O)[O-])cc1N. The normalized spacial score (nSPS) is 9.71. The molecule has 0 unspecified atom stereocenters. The van der Waals surface area contributed by atoms with E-state index in [1.54, 1.807) is 0 Å². The van der Waals surface area contributed by atoms with Gasteiger partial charge in [-0.05, 0) is 6.07 Å². The Bertz CT molecular complexity index is 434. The van der Waals surface area contributed by atoms with Gasteiger partial charge < -0.3 is 15.8 Å². The van der Waals surface area contributed by atoms with E-state index in [0.717, 1.165) is 0 Å². The van der Waals surface area contributed by atoms with E-state index in [9.17, 15) is 14.9 Å². The number of esters is 1. The first-order valence-electron chi connectivity index (χ1n) is 4.89. The lowest BCUT2D eigenvalue weighted by atomic mass is 10.2. The lowest BCUT2D eigenvalue weighted by Gasteiger charge is -2.08. The van der Waals surface area contributed by atoms with Crippen LogP contribution in [0.5, 0.6) is 0 Å². The summed E-state index contributed by atoms with van der Waals surface area (Å²) in [4.78, 5) is 20.8. The zero-order valence-electron chi connectivity index (χ0n) is 9.30. The number of hydrogen-bond donors (Lipinski definition) is 2. The number of nitrogens with zero attached hydrogens (tertiary/aromatic N) is 1. The maximum absolute atomic E-state index is 10.8. The number of rotatable bonds is 5. The van der Waals surface area contributed by atoms with Crippen LogP contribution in [0.1, 0.15) is 6.42 Å². The van der Waals surface area contributed by atoms with Gasteiger partial charge in [0.25, 0.3) is 5.69 Å². The van der Waals surface area contributed by atoms with Crippen LogP contribution in [0.15, 0.2) is 18.2 Å². The van der Waals surface area contributed by atoms with Crippen LogP contribution >= 0.6 is 0 Å². The highest BCUT2D eigenvalue weighted by molar-refractivity contribution is 5.72. The number of carbonyl (C=O) groups is 1. The Labute approximate surface area is 97.7 Å². The summed E-state index contributed by atoms with van der Waals surface area (Å²) in [5, 5.41) is 13.4. The van der Waals surface area contributed by atoms with Crippen LogP contribution in [0, 0.1) is 10.1 Å². The molecule has 0 aliphatic heterocycles. The van der Waals surface area contributed by atoms with Crippen molar-refractivity contribution in [2.45, 2.75) is 6.42 Å². The van der Waals surface area contributed by atoms with E-state index in [1.165, 1.54) is 25.3 Å². The maximum Gasteiger partial charge on any atom is 0.307 e. The van der Waals surface area contributed by atoms with Crippen LogP contribution in [0.3, 0.4) is 0 Å². The van der Waals surface area contributed by atoms with Gasteiger partial charge in [0, 0.05) is 18.7 Å². The Kier molecular flexibility index (Phi) is 4.27. The summed E-state index contributed by atoms with van der Waals surface area (Å²) >= 11 is 0. The van der Waals surface area contributed by atoms with Crippen LogP contribution in [-0.4, -0.2) is 24.5 Å². The highest BCUT2D eigenvalue weighted by atomic mass is 16.6. The quantitative estimate of drug-likeness (QED) is 0.345. The van der Waals surface area contributed by atoms with Crippen molar-refractivity contribution in [2.75, 3.05) is 24.7 Å². The van der Waals surface area contributed by atoms with E-state index in [1.807, 2.05) is 0 Å². The van der Waals surface area contributed by atoms with Gasteiger partial charge in [-0.2, -0.15) is 0 Å². The molecule has 1 aromatic rings. The predicted octanol–water partition coefficient (Wildman–Crippen LogP) is 1.15. The smallest absolute Gasteiger partial charge is 0.307 e. The van der Waals surface area contributed by atoms with E-state index in [4.69, 9.17) is 5.73 Å². The first-order valence-corrected chi connectivity index (χ1v) is 4.89. The minimum atomic E-state index is -0.519. The van der Waals surface area contributed by atoms with Crippen molar-refractivity contribution >= 4 is 23.0 Å². The Morgan fingerprint density at radius 1 is 1.59 bits per heavy atom. The number of ether oxygens (including phenoxy) is 1. The van der Waals surface area contributed by atoms with Crippen molar-refractivity contribution in [3.8, 4) is 0 Å². The standard InChI is InChI=1S/C10H13N3O4/c1-17-10(14)4-5-12-9-3-2-7(13(15)16)6-8(9)11/h2-3,6,12H,4-5,11H2,1H3. The van der Waals surface area contributed by atoms with E-state index in [0.29, 0.717) is 12.2 Å². The summed E-state index contributed by atoms with van der Waals surface area (Å²) in [6.45, 7) is 0.356. The number of nitrogens with one attached hydrogen (secondary N) is 1. The zero-order chi connectivity index (χ0) is 12.8. The summed E-state index contributed by atoms with van der Waals surface area (Å²) in [7, 11) is 1.31. The van der Waals surface area contributed by atoms with Crippen molar-refractivity contribution in [3.05, 3.63) is 28.3 Å². The molecule has 0 saturated heterocycles. The van der Waals surface area contributed by atoms with Gasteiger partial charge in [0.2, 0.25) is 0 Å². The molecule has 0 heterocycles. The van der Waals surface area contributed by atoms with Crippen molar-refractivity contribution in [3.63, 3.8) is 0 Å². The first kappa shape index (κ1) is 12.8. The number of hydrogen-bond acceptors (Lipinski definition) is 6. The molecule has 17 heavy (non-hydrogen) atoms. The monoisotopic (exact) mass is 239 g/mol. The number of anilines is 2. The average molecular weight is 239 g/mol. The molecule has 0 fully saturated rings. The third kappa shape index (κ3) is 3.63. The van der Waals surface area contributed by atoms with Crippen molar-refractivity contribution in [2.24, 2.45) is 0 Å². The zero-order valence-corrected chi connectivity index (χ0v) is 9.30. The maximum atomic E-state index is 10.8. The summed E-state index contributed by atoms with van der Waals surface area (Å²) in [6, 6.07) is 4.11. The highest BCUT2D eigenvalue weighted by Crippen LogP contribution is 2.23. The number of methoxy groups -OCH3 is 1. The molecule has 0 amide bonds. The molecule has 0 radical (unpaired) electrons. The lowest BCUT2D eigenvalue weighted by molar-refractivity contribution is -0.384. The fourth-order valence-electron chi connectivity index (χ4n) is 1.23. The van der Waals surface area contributed by atoms with Crippen molar-refractivity contribution in [1.29, 1.82) is 0 Å². The molecule has 0 atom stereocenters. The molecule has 0 spiro atoms. The molecule has 1 aromatic carbocycles. The molecule has 7 nitrogen and oxygen atoms in total. The highest BCUT2D eigenvalue weighted by Gasteiger charge is 2.08. The van der Waals surface area contributed by atoms with Gasteiger partial charge in [-0.1, -0.05) is 0 Å². The molecule has 7 heteroatoms. The van der Waals surface area contributed by atoms with Crippen LogP contribution < -0.4 is 11.1 Å². The van der Waals surface area contributed by atoms with E-state index < -0.39 is 4.92 Å². The number of nitrogens with two attached hydrogens (primary N) is 1. The van der Waals surface area contributed by atoms with E-state index >= 15 is 0 Å². The number of nitro benzene ring substituents is 1. The van der Waals surface area contributed by atoms with E-state index in [2.05, 4.69) is 10.1 Å². The Balaban J connectivity index is 2.60. The minimum Gasteiger partial charge on any atom is -0.469 e. The molecule has 0 aliphatic carbocycles. The largest absolute Gasteiger partial charge is 0.469 e. The molecule has 0 bridgehead atoms. The molecule has 1 rings (SSSR count). The van der Waals surface area contributed by atoms with Gasteiger partial charge in [-0.25, -0.2) is 0 Å². The number of benzene rings is 1. The molecule has 3 N–H and O–H groups in total. The van der Waals surface area contributed by atoms with Gasteiger partial charge in [-0.3, -0.25) is 14.9 Å². The second kappa shape index (κ2) is 5.69. The molecule has 92 valence electrons. The third-order valence-corrected chi connectivity index (χ3v) is 2.12. The fourth-order valence-corrected chi connectivity index (χ4v) is 1.23. The topological polar surface area (TPSA) is 107 Å². The number of nitro groups is 1. The molecular weight excluding hydrogens is 226 g/mol. The van der Waals surface area contributed by atoms with Gasteiger partial charge in [0.15, 0.2) is 0 Å². The second-order valence-corrected chi connectivity index (χ2v) is 3.28. The molecule has 0 aromatic heterocycles. The number of non-ortho nitro benzene ring substituents is 1. The van der Waals surface area contributed by atoms with Gasteiger partial charge in [-0.15, -0.1) is 0 Å². The first-order chi connectivity index (χ1) is 8.04. The van der Waals surface area contributed by atoms with Crippen LogP contribution in [-0.2, 0) is 9.53 Å². The van der Waals surface area contributed by atoms with Gasteiger partial charge >= 0.3 is 5.97 Å². The Morgan fingerprint density at radius 3 is 2.82 bits per heavy atom. The van der Waals surface area contributed by atoms with Gasteiger partial charge in [0.1, 0.15) is 0 Å². The number of carbonyl (C=O) groups excluding carboxylic acids is 1. The number of nitrogen functional groups attached to an aromatic ring is 1. The van der Waals surface area contributed by atoms with Crippen molar-refractivity contribution in [1.82, 2.24) is 0 Å². The summed E-state index contributed by atoms with van der Waals surface area (Å²) < 4.78 is 4.47. The van der Waals surface area contributed by atoms with E-state index in [-0.39, 0.29) is 23.8 Å². The van der Waals surface area contributed by atoms with Crippen LogP contribution in [0.2, 0.25) is 0 Å². The third-order valence-electron chi connectivity index (χ3n) is 2.12. The Hall–Kier alpha value is -2.31. The molecular formula is C10H13N3O4. The predicted molar refractivity (Wildman–Crippen MR) is 62.6 cm³/mol. The minimum absolute atomic E-state index is 0.0685. The second-order valence-electron chi connectivity index (χ2n) is 3.28. The van der Waals surface area contributed by atoms with Crippen LogP contribution in [0.4, 0.5) is 17.1 Å². The molecule has 0 aliphatic rings. The lowest BCUT2D eigenvalue weighted by Crippen LogP contribution is -2.10. The average Bonchev–Trinajstić information content (AvgIpc) is 2.30. The molecule has 0 saturated carbocycles. The fraction of sp³-hybridized carbons (Fsp3) is 0.300. The van der Waals surface area contributed by atoms with Gasteiger partial charge in [0.05, 0.1) is 29.8 Å². The Morgan fingerprint density at radius 2 is 2.29 bits per heavy atom. The van der Waals surface area contributed by atoms with Crippen molar-refractivity contribution < 1.29 is 14.5 Å². The summed E-state index contributed by atoms with van der Waals surface area (Å²) in [5.74, 6) is -0.335.